The van der Waals surface area contributed by atoms with Crippen LogP contribution in [0.4, 0.5) is 4.39 Å². The van der Waals surface area contributed by atoms with Gasteiger partial charge in [0.15, 0.2) is 0 Å². The zero-order valence-corrected chi connectivity index (χ0v) is 13.0. The topological polar surface area (TPSA) is 18.5 Å². The maximum atomic E-state index is 14.6. The predicted octanol–water partition coefficient (Wildman–Crippen LogP) is 4.51. The van der Waals surface area contributed by atoms with Gasteiger partial charge in [-0.1, -0.05) is 11.1 Å². The minimum Gasteiger partial charge on any atom is -0.398 e. The van der Waals surface area contributed by atoms with Crippen molar-refractivity contribution in [2.45, 2.75) is 77.4 Å². The lowest BCUT2D eigenvalue weighted by Crippen LogP contribution is -2.41. The van der Waals surface area contributed by atoms with Crippen LogP contribution in [-0.2, 0) is 9.31 Å². The maximum absolute atomic E-state index is 14.6. The van der Waals surface area contributed by atoms with E-state index in [9.17, 15) is 4.39 Å². The highest BCUT2D eigenvalue weighted by molar-refractivity contribution is 6.53. The summed E-state index contributed by atoms with van der Waals surface area (Å²) < 4.78 is 26.2. The van der Waals surface area contributed by atoms with Gasteiger partial charge < -0.3 is 9.31 Å². The molecule has 0 N–H and O–H groups in total. The molecule has 2 saturated carbocycles. The summed E-state index contributed by atoms with van der Waals surface area (Å²) in [4.78, 5) is 0. The third-order valence-corrected chi connectivity index (χ3v) is 5.26. The van der Waals surface area contributed by atoms with Crippen molar-refractivity contribution < 1.29 is 13.7 Å². The summed E-state index contributed by atoms with van der Waals surface area (Å²) in [6.07, 6.45) is 6.25. The highest BCUT2D eigenvalue weighted by Gasteiger charge is 2.53. The number of hydrogen-bond donors (Lipinski definition) is 0. The molecule has 0 atom stereocenters. The van der Waals surface area contributed by atoms with Crippen LogP contribution in [0, 0.1) is 0 Å². The van der Waals surface area contributed by atoms with Gasteiger partial charge in [-0.05, 0) is 71.8 Å². The minimum absolute atomic E-state index is 0.177. The monoisotopic (exact) mass is 278 g/mol. The van der Waals surface area contributed by atoms with Gasteiger partial charge in [0.1, 0.15) is 5.73 Å². The number of halogens is 1. The lowest BCUT2D eigenvalue weighted by molar-refractivity contribution is 0.00578. The highest BCUT2D eigenvalue weighted by Crippen LogP contribution is 2.43. The van der Waals surface area contributed by atoms with Gasteiger partial charge >= 0.3 is 7.12 Å². The molecule has 0 aromatic heterocycles. The van der Waals surface area contributed by atoms with Crippen LogP contribution >= 0.6 is 0 Å². The normalized spacial score (nSPS) is 28.1. The fourth-order valence-corrected chi connectivity index (χ4v) is 2.98. The van der Waals surface area contributed by atoms with Crippen LogP contribution in [0.15, 0.2) is 22.4 Å². The van der Waals surface area contributed by atoms with Crippen LogP contribution in [0.1, 0.15) is 66.2 Å². The third kappa shape index (κ3) is 2.48. The average Bonchev–Trinajstić information content (AvgIpc) is 3.17. The Morgan fingerprint density at radius 3 is 1.65 bits per heavy atom. The first-order chi connectivity index (χ1) is 9.30. The lowest BCUT2D eigenvalue weighted by atomic mass is 9.79. The zero-order chi connectivity index (χ0) is 14.5. The summed E-state index contributed by atoms with van der Waals surface area (Å²) in [5.74, 6) is 0. The fourth-order valence-electron chi connectivity index (χ4n) is 2.98. The van der Waals surface area contributed by atoms with Crippen LogP contribution in [0.2, 0.25) is 0 Å². The number of allylic oxidation sites excluding steroid dienone is 3. The average molecular weight is 278 g/mol. The molecule has 110 valence electrons. The van der Waals surface area contributed by atoms with Crippen LogP contribution in [-0.4, -0.2) is 18.3 Å². The Hall–Kier alpha value is -0.605. The molecule has 2 nitrogen and oxygen atoms in total. The second kappa shape index (κ2) is 4.70. The molecule has 2 aliphatic carbocycles. The molecule has 3 fully saturated rings. The second-order valence-corrected chi connectivity index (χ2v) is 7.25. The van der Waals surface area contributed by atoms with Crippen molar-refractivity contribution in [3.8, 4) is 0 Å². The van der Waals surface area contributed by atoms with E-state index in [0.717, 1.165) is 31.3 Å². The summed E-state index contributed by atoms with van der Waals surface area (Å²) in [7, 11) is -0.815. The van der Waals surface area contributed by atoms with Gasteiger partial charge in [0.25, 0.3) is 0 Å². The van der Waals surface area contributed by atoms with Crippen molar-refractivity contribution in [2.24, 2.45) is 0 Å². The van der Waals surface area contributed by atoms with E-state index in [0.29, 0.717) is 0 Å². The van der Waals surface area contributed by atoms with Gasteiger partial charge in [-0.15, -0.1) is 0 Å². The summed E-state index contributed by atoms with van der Waals surface area (Å²) in [6.45, 7) is 7.84. The summed E-state index contributed by atoms with van der Waals surface area (Å²) in [5.41, 5.74) is 2.99. The molecule has 0 aromatic rings. The molecule has 1 heterocycles. The number of rotatable bonds is 1. The fraction of sp³-hybridized carbons (Fsp3) is 0.750. The van der Waals surface area contributed by atoms with Crippen molar-refractivity contribution in [1.29, 1.82) is 0 Å². The molecule has 0 amide bonds. The van der Waals surface area contributed by atoms with E-state index in [4.69, 9.17) is 9.31 Å². The molecule has 4 heteroatoms. The first-order valence-corrected chi connectivity index (χ1v) is 7.73. The van der Waals surface area contributed by atoms with E-state index in [1.54, 1.807) is 11.1 Å². The van der Waals surface area contributed by atoms with Crippen molar-refractivity contribution in [1.82, 2.24) is 0 Å². The van der Waals surface area contributed by atoms with Gasteiger partial charge in [0.2, 0.25) is 0 Å². The minimum atomic E-state index is -0.815. The first-order valence-electron chi connectivity index (χ1n) is 7.73. The second-order valence-electron chi connectivity index (χ2n) is 7.25. The molecule has 0 unspecified atom stereocenters. The van der Waals surface area contributed by atoms with E-state index in [1.807, 2.05) is 27.7 Å². The molecule has 3 rings (SSSR count). The van der Waals surface area contributed by atoms with Crippen molar-refractivity contribution in [2.75, 3.05) is 0 Å². The summed E-state index contributed by atoms with van der Waals surface area (Å²) in [6, 6.07) is 0. The Balaban J connectivity index is 1.72. The van der Waals surface area contributed by atoms with Gasteiger partial charge in [-0.2, -0.15) is 0 Å². The Morgan fingerprint density at radius 1 is 0.850 bits per heavy atom. The third-order valence-electron chi connectivity index (χ3n) is 5.26. The molecule has 1 saturated heterocycles. The Bertz CT molecular complexity index is 457. The molecule has 3 aliphatic rings. The number of hydrogen-bond acceptors (Lipinski definition) is 2. The molecule has 0 bridgehead atoms. The van der Waals surface area contributed by atoms with Crippen LogP contribution in [0.5, 0.6) is 0 Å². The zero-order valence-electron chi connectivity index (χ0n) is 13.0. The van der Waals surface area contributed by atoms with E-state index in [1.165, 1.54) is 12.8 Å². The van der Waals surface area contributed by atoms with Crippen molar-refractivity contribution in [3.63, 3.8) is 0 Å². The molecule has 0 radical (unpaired) electrons. The quantitative estimate of drug-likeness (QED) is 0.519. The van der Waals surface area contributed by atoms with Gasteiger partial charge in [0, 0.05) is 0 Å². The standard InChI is InChI=1S/C16H24BFO2/c1-15(2)16(3,4)20-17(19-15)14(18)13-9-7-12(8-10-13)11-5-6-11/h5-10H2,1-4H3. The summed E-state index contributed by atoms with van der Waals surface area (Å²) in [5, 5.41) is 0. The Kier molecular flexibility index (Phi) is 3.37. The maximum Gasteiger partial charge on any atom is 0.525 e. The summed E-state index contributed by atoms with van der Waals surface area (Å²) >= 11 is 0. The highest BCUT2D eigenvalue weighted by atomic mass is 19.1. The van der Waals surface area contributed by atoms with Crippen molar-refractivity contribution in [3.05, 3.63) is 22.4 Å². The van der Waals surface area contributed by atoms with Gasteiger partial charge in [0.05, 0.1) is 11.2 Å². The van der Waals surface area contributed by atoms with E-state index in [-0.39, 0.29) is 5.73 Å². The lowest BCUT2D eigenvalue weighted by Gasteiger charge is -2.32. The molecule has 1 aliphatic heterocycles. The van der Waals surface area contributed by atoms with E-state index in [2.05, 4.69) is 0 Å². The van der Waals surface area contributed by atoms with Gasteiger partial charge in [-0.3, -0.25) is 0 Å². The SMILES string of the molecule is CC1(C)OB(C(F)=C2CCC(=C3CC3)CC2)OC1(C)C. The molecule has 20 heavy (non-hydrogen) atoms. The first kappa shape index (κ1) is 14.3. The predicted molar refractivity (Wildman–Crippen MR) is 78.9 cm³/mol. The van der Waals surface area contributed by atoms with Crippen LogP contribution < -0.4 is 0 Å². The molecule has 0 spiro atoms. The van der Waals surface area contributed by atoms with E-state index < -0.39 is 18.3 Å². The molecular formula is C16H24BFO2. The Labute approximate surface area is 121 Å². The van der Waals surface area contributed by atoms with Gasteiger partial charge in [-0.25, -0.2) is 4.39 Å². The molecule has 0 aromatic carbocycles. The largest absolute Gasteiger partial charge is 0.525 e. The van der Waals surface area contributed by atoms with Crippen molar-refractivity contribution >= 4 is 7.12 Å². The smallest absolute Gasteiger partial charge is 0.398 e. The molecular weight excluding hydrogens is 254 g/mol. The van der Waals surface area contributed by atoms with Crippen LogP contribution in [0.25, 0.3) is 0 Å². The van der Waals surface area contributed by atoms with Crippen LogP contribution in [0.3, 0.4) is 0 Å². The Morgan fingerprint density at radius 2 is 1.25 bits per heavy atom. The van der Waals surface area contributed by atoms with E-state index >= 15 is 0 Å².